The number of H-pyrrole nitrogens is 1. The number of aromatic amines is 1. The van der Waals surface area contributed by atoms with Crippen LogP contribution in [-0.4, -0.2) is 9.97 Å². The fourth-order valence-electron chi connectivity index (χ4n) is 3.43. The molecule has 0 bridgehead atoms. The van der Waals surface area contributed by atoms with Crippen molar-refractivity contribution < 1.29 is 4.39 Å². The lowest BCUT2D eigenvalue weighted by Gasteiger charge is -2.17. The van der Waals surface area contributed by atoms with E-state index in [0.717, 1.165) is 37.7 Å². The van der Waals surface area contributed by atoms with Crippen LogP contribution in [0.15, 0.2) is 59.4 Å². The van der Waals surface area contributed by atoms with Gasteiger partial charge in [-0.3, -0.25) is 10.2 Å². The van der Waals surface area contributed by atoms with Crippen LogP contribution in [0.2, 0.25) is 0 Å². The van der Waals surface area contributed by atoms with E-state index in [2.05, 4.69) is 36.6 Å². The van der Waals surface area contributed by atoms with Gasteiger partial charge in [0.1, 0.15) is 5.82 Å². The molecule has 0 spiro atoms. The summed E-state index contributed by atoms with van der Waals surface area (Å²) in [5.74, 6) is -0.250. The lowest BCUT2D eigenvalue weighted by molar-refractivity contribution is 0.567. The fraction of sp³-hybridized carbons (Fsp3) is 0.250. The molecule has 0 amide bonds. The van der Waals surface area contributed by atoms with Gasteiger partial charge >= 0.3 is 0 Å². The monoisotopic (exact) mass is 436 g/mol. The van der Waals surface area contributed by atoms with Crippen molar-refractivity contribution in [2.45, 2.75) is 39.2 Å². The number of halogens is 1. The Morgan fingerprint density at radius 3 is 2.58 bits per heavy atom. The van der Waals surface area contributed by atoms with E-state index >= 15 is 0 Å². The second-order valence-corrected chi connectivity index (χ2v) is 9.62. The molecule has 31 heavy (non-hydrogen) atoms. The number of para-hydroxylation sites is 1. The molecule has 2 heterocycles. The predicted octanol–water partition coefficient (Wildman–Crippen LogP) is 5.13. The van der Waals surface area contributed by atoms with Gasteiger partial charge in [0.15, 0.2) is 5.13 Å². The van der Waals surface area contributed by atoms with Gasteiger partial charge in [-0.2, -0.15) is 0 Å². The smallest absolute Gasteiger partial charge is 0.251 e. The van der Waals surface area contributed by atoms with Crippen molar-refractivity contribution in [1.29, 1.82) is 0 Å². The number of aromatic nitrogens is 2. The topological polar surface area (TPSA) is 69.8 Å². The zero-order valence-electron chi connectivity index (χ0n) is 17.8. The van der Waals surface area contributed by atoms with Crippen molar-refractivity contribution in [2.24, 2.45) is 0 Å². The van der Waals surface area contributed by atoms with Gasteiger partial charge in [-0.1, -0.05) is 51.1 Å². The highest BCUT2D eigenvalue weighted by molar-refractivity contribution is 7.15. The Hall–Kier alpha value is -3.03. The van der Waals surface area contributed by atoms with Crippen LogP contribution in [0, 0.1) is 5.82 Å². The molecular formula is C24H25FN4OS. The summed E-state index contributed by atoms with van der Waals surface area (Å²) in [6.07, 6.45) is 0.518. The van der Waals surface area contributed by atoms with Gasteiger partial charge < -0.3 is 4.98 Å². The van der Waals surface area contributed by atoms with E-state index in [1.807, 2.05) is 30.3 Å². The van der Waals surface area contributed by atoms with Gasteiger partial charge in [0.2, 0.25) is 0 Å². The quantitative estimate of drug-likeness (QED) is 0.367. The lowest BCUT2D eigenvalue weighted by Crippen LogP contribution is -2.21. The van der Waals surface area contributed by atoms with E-state index in [9.17, 15) is 9.18 Å². The molecule has 4 aromatic rings. The standard InChI is InChI=1S/C24H25FN4OS/c1-24(2,3)21-20(13-17-12-16-6-4-5-7-19(16)27-22(17)30)31-23(28-21)29-26-14-15-8-10-18(25)11-9-15/h4-12,26H,13-14H2,1-3H3,(H,27,30)(H,28,29). The molecule has 2 aromatic carbocycles. The fourth-order valence-corrected chi connectivity index (χ4v) is 4.60. The largest absolute Gasteiger partial charge is 0.322 e. The van der Waals surface area contributed by atoms with E-state index < -0.39 is 0 Å². The molecule has 4 rings (SSSR count). The van der Waals surface area contributed by atoms with E-state index in [0.29, 0.717) is 13.0 Å². The third kappa shape index (κ3) is 5.00. The molecular weight excluding hydrogens is 411 g/mol. The second-order valence-electron chi connectivity index (χ2n) is 8.53. The Morgan fingerprint density at radius 1 is 1.10 bits per heavy atom. The predicted molar refractivity (Wildman–Crippen MR) is 125 cm³/mol. The van der Waals surface area contributed by atoms with Gasteiger partial charge in [0.05, 0.1) is 5.69 Å². The summed E-state index contributed by atoms with van der Waals surface area (Å²) in [5.41, 5.74) is 9.54. The summed E-state index contributed by atoms with van der Waals surface area (Å²) in [6, 6.07) is 16.1. The number of fused-ring (bicyclic) bond motifs is 1. The lowest BCUT2D eigenvalue weighted by atomic mass is 9.90. The first-order chi connectivity index (χ1) is 14.8. The number of rotatable bonds is 6. The van der Waals surface area contributed by atoms with Crippen LogP contribution >= 0.6 is 11.3 Å². The Labute approximate surface area is 184 Å². The Balaban J connectivity index is 1.55. The second kappa shape index (κ2) is 8.61. The molecule has 0 saturated heterocycles. The summed E-state index contributed by atoms with van der Waals surface area (Å²) in [5, 5.41) is 1.75. The highest BCUT2D eigenvalue weighted by atomic mass is 32.1. The van der Waals surface area contributed by atoms with Crippen molar-refractivity contribution >= 4 is 27.4 Å². The molecule has 7 heteroatoms. The maximum absolute atomic E-state index is 13.1. The summed E-state index contributed by atoms with van der Waals surface area (Å²) < 4.78 is 13.1. The van der Waals surface area contributed by atoms with E-state index in [4.69, 9.17) is 4.98 Å². The Morgan fingerprint density at radius 2 is 1.84 bits per heavy atom. The SMILES string of the molecule is CC(C)(C)c1nc(NNCc2ccc(F)cc2)sc1Cc1cc2ccccc2[nH]c1=O. The molecule has 5 nitrogen and oxygen atoms in total. The number of hydrogen-bond donors (Lipinski definition) is 3. The summed E-state index contributed by atoms with van der Waals surface area (Å²) in [6.45, 7) is 6.88. The number of hydrazine groups is 1. The number of benzene rings is 2. The molecule has 0 radical (unpaired) electrons. The van der Waals surface area contributed by atoms with E-state index in [1.54, 1.807) is 12.1 Å². The van der Waals surface area contributed by atoms with E-state index in [1.165, 1.54) is 23.5 Å². The molecule has 0 atom stereocenters. The molecule has 2 aromatic heterocycles. The first kappa shape index (κ1) is 21.2. The van der Waals surface area contributed by atoms with Crippen molar-refractivity contribution in [1.82, 2.24) is 15.4 Å². The van der Waals surface area contributed by atoms with Crippen molar-refractivity contribution in [3.8, 4) is 0 Å². The number of thiazole rings is 1. The number of nitrogens with one attached hydrogen (secondary N) is 3. The number of nitrogens with zero attached hydrogens (tertiary/aromatic N) is 1. The average molecular weight is 437 g/mol. The molecule has 160 valence electrons. The zero-order chi connectivity index (χ0) is 22.0. The minimum absolute atomic E-state index is 0.0732. The van der Waals surface area contributed by atoms with Crippen molar-refractivity contribution in [3.63, 3.8) is 0 Å². The zero-order valence-corrected chi connectivity index (χ0v) is 18.6. The van der Waals surface area contributed by atoms with Crippen LogP contribution in [0.1, 0.15) is 42.5 Å². The number of hydrogen-bond acceptors (Lipinski definition) is 5. The third-order valence-corrected chi connectivity index (χ3v) is 5.96. The van der Waals surface area contributed by atoms with Gasteiger partial charge in [0, 0.05) is 34.3 Å². The summed E-state index contributed by atoms with van der Waals surface area (Å²) >= 11 is 1.54. The van der Waals surface area contributed by atoms with Gasteiger partial charge in [0.25, 0.3) is 5.56 Å². The van der Waals surface area contributed by atoms with Crippen LogP contribution in [-0.2, 0) is 18.4 Å². The summed E-state index contributed by atoms with van der Waals surface area (Å²) in [4.78, 5) is 21.4. The maximum atomic E-state index is 13.1. The van der Waals surface area contributed by atoms with Gasteiger partial charge in [-0.15, -0.1) is 11.3 Å². The molecule has 0 aliphatic heterocycles. The van der Waals surface area contributed by atoms with Crippen LogP contribution in [0.4, 0.5) is 9.52 Å². The minimum Gasteiger partial charge on any atom is -0.322 e. The van der Waals surface area contributed by atoms with Crippen LogP contribution in [0.3, 0.4) is 0 Å². The van der Waals surface area contributed by atoms with Gasteiger partial charge in [-0.05, 0) is 35.2 Å². The average Bonchev–Trinajstić information content (AvgIpc) is 3.13. The molecule has 0 saturated carbocycles. The number of anilines is 1. The van der Waals surface area contributed by atoms with E-state index in [-0.39, 0.29) is 16.8 Å². The Bertz CT molecular complexity index is 1260. The number of pyridine rings is 1. The third-order valence-electron chi connectivity index (χ3n) is 4.99. The first-order valence-electron chi connectivity index (χ1n) is 10.1. The molecule has 0 fully saturated rings. The highest BCUT2D eigenvalue weighted by Gasteiger charge is 2.24. The van der Waals surface area contributed by atoms with Crippen molar-refractivity contribution in [2.75, 3.05) is 5.43 Å². The normalized spacial score (nSPS) is 11.7. The van der Waals surface area contributed by atoms with Crippen molar-refractivity contribution in [3.05, 3.63) is 92.5 Å². The highest BCUT2D eigenvalue weighted by Crippen LogP contribution is 2.33. The maximum Gasteiger partial charge on any atom is 0.251 e. The molecule has 3 N–H and O–H groups in total. The van der Waals surface area contributed by atoms with Gasteiger partial charge in [-0.25, -0.2) is 14.8 Å². The molecule has 0 aliphatic rings. The Kier molecular flexibility index (Phi) is 5.89. The van der Waals surface area contributed by atoms with Crippen LogP contribution in [0.25, 0.3) is 10.9 Å². The minimum atomic E-state index is -0.250. The molecule has 0 aliphatic carbocycles. The molecule has 0 unspecified atom stereocenters. The first-order valence-corrected chi connectivity index (χ1v) is 11.0. The summed E-state index contributed by atoms with van der Waals surface area (Å²) in [7, 11) is 0. The van der Waals surface area contributed by atoms with Crippen LogP contribution in [0.5, 0.6) is 0 Å². The van der Waals surface area contributed by atoms with Crippen LogP contribution < -0.4 is 16.4 Å².